The van der Waals surface area contributed by atoms with Gasteiger partial charge in [-0.1, -0.05) is 17.7 Å². The number of fused-ring (bicyclic) bond motifs is 3. The molecule has 6 rings (SSSR count). The number of methoxy groups -OCH3 is 1. The maximum Gasteiger partial charge on any atom is 0.238 e. The summed E-state index contributed by atoms with van der Waals surface area (Å²) in [6.07, 6.45) is 3.81. The van der Waals surface area contributed by atoms with Gasteiger partial charge < -0.3 is 9.84 Å². The van der Waals surface area contributed by atoms with Gasteiger partial charge in [0.1, 0.15) is 0 Å². The number of halogens is 2. The summed E-state index contributed by atoms with van der Waals surface area (Å²) in [6, 6.07) is 12.1. The van der Waals surface area contributed by atoms with Crippen LogP contribution in [-0.4, -0.2) is 35.6 Å². The lowest BCUT2D eigenvalue weighted by Gasteiger charge is -2.42. The number of amides is 2. The molecule has 2 amide bonds. The van der Waals surface area contributed by atoms with Crippen molar-refractivity contribution < 1.29 is 29.0 Å². The summed E-state index contributed by atoms with van der Waals surface area (Å²) in [5.74, 6) is -3.13. The normalized spacial score (nSPS) is 26.6. The molecule has 2 aromatic rings. The van der Waals surface area contributed by atoms with Crippen molar-refractivity contribution in [2.75, 3.05) is 12.0 Å². The van der Waals surface area contributed by atoms with E-state index in [1.165, 1.54) is 24.2 Å². The summed E-state index contributed by atoms with van der Waals surface area (Å²) < 4.78 is 6.49. The highest BCUT2D eigenvalue weighted by Gasteiger charge is 2.56. The second-order valence-corrected chi connectivity index (χ2v) is 11.9. The van der Waals surface area contributed by atoms with Crippen molar-refractivity contribution in [2.24, 2.45) is 17.8 Å². The fourth-order valence-electron chi connectivity index (χ4n) is 6.30. The number of rotatable bonds is 3. The summed E-state index contributed by atoms with van der Waals surface area (Å²) in [5, 5.41) is 10.2. The number of aromatic hydroxyl groups is 1. The van der Waals surface area contributed by atoms with Crippen molar-refractivity contribution in [1.82, 2.24) is 0 Å². The topological polar surface area (TPSA) is 101 Å². The largest absolute Gasteiger partial charge is 0.504 e. The van der Waals surface area contributed by atoms with Crippen LogP contribution in [0.4, 0.5) is 5.69 Å². The SMILES string of the molecule is COc1cc([C@H]2C3=CC[C@@H]4C(=O)N(c5ccc(I)cc5)C(=O)[C@@H]4[C@@H]3CC3=C2C(=O)C=C(Br)C3=O)ccc1O. The third-order valence-electron chi connectivity index (χ3n) is 7.95. The molecule has 0 bridgehead atoms. The molecule has 1 aliphatic heterocycles. The first-order valence-corrected chi connectivity index (χ1v) is 14.0. The van der Waals surface area contributed by atoms with Crippen molar-refractivity contribution in [3.05, 3.63) is 85.0 Å². The number of ether oxygens (including phenoxy) is 1. The molecule has 0 aromatic heterocycles. The quantitative estimate of drug-likeness (QED) is 0.212. The molecule has 192 valence electrons. The Bertz CT molecular complexity index is 1540. The Hall–Kier alpha value is -3.05. The van der Waals surface area contributed by atoms with Crippen LogP contribution in [0, 0.1) is 21.3 Å². The van der Waals surface area contributed by atoms with Crippen LogP contribution in [0.1, 0.15) is 24.3 Å². The Labute approximate surface area is 240 Å². The van der Waals surface area contributed by atoms with Crippen molar-refractivity contribution in [1.29, 1.82) is 0 Å². The molecule has 0 spiro atoms. The van der Waals surface area contributed by atoms with Crippen molar-refractivity contribution in [3.8, 4) is 11.5 Å². The summed E-state index contributed by atoms with van der Waals surface area (Å²) in [5.41, 5.74) is 2.77. The molecule has 9 heteroatoms. The zero-order valence-corrected chi connectivity index (χ0v) is 23.9. The molecule has 0 saturated carbocycles. The van der Waals surface area contributed by atoms with Crippen molar-refractivity contribution in [3.63, 3.8) is 0 Å². The van der Waals surface area contributed by atoms with Crippen LogP contribution in [-0.2, 0) is 19.2 Å². The first-order valence-electron chi connectivity index (χ1n) is 12.1. The third kappa shape index (κ3) is 3.73. The Balaban J connectivity index is 1.49. The van der Waals surface area contributed by atoms with Gasteiger partial charge in [-0.05, 0) is 99.2 Å². The molecule has 38 heavy (non-hydrogen) atoms. The number of phenols is 1. The van der Waals surface area contributed by atoms with Gasteiger partial charge in [0.2, 0.25) is 11.8 Å². The molecule has 1 N–H and O–H groups in total. The van der Waals surface area contributed by atoms with E-state index in [-0.39, 0.29) is 45.8 Å². The van der Waals surface area contributed by atoms with Crippen LogP contribution in [0.15, 0.2) is 75.8 Å². The van der Waals surface area contributed by atoms with E-state index in [1.807, 2.05) is 18.2 Å². The van der Waals surface area contributed by atoms with E-state index >= 15 is 0 Å². The fraction of sp³-hybridized carbons (Fsp3) is 0.241. The van der Waals surface area contributed by atoms with Crippen molar-refractivity contribution >= 4 is 67.6 Å². The van der Waals surface area contributed by atoms with E-state index in [1.54, 1.807) is 24.3 Å². The number of allylic oxidation sites excluding steroid dienone is 6. The number of nitrogens with zero attached hydrogens (tertiary/aromatic N) is 1. The minimum absolute atomic E-state index is 0.0473. The van der Waals surface area contributed by atoms with Gasteiger partial charge in [0.25, 0.3) is 0 Å². The molecule has 1 saturated heterocycles. The third-order valence-corrected chi connectivity index (χ3v) is 9.26. The number of phenolic OH excluding ortho intramolecular Hbond substituents is 1. The average Bonchev–Trinajstić information content (AvgIpc) is 3.16. The van der Waals surface area contributed by atoms with Crippen LogP contribution in [0.25, 0.3) is 0 Å². The molecule has 4 aliphatic rings. The lowest BCUT2D eigenvalue weighted by molar-refractivity contribution is -0.123. The first kappa shape index (κ1) is 25.2. The smallest absolute Gasteiger partial charge is 0.238 e. The minimum Gasteiger partial charge on any atom is -0.504 e. The number of imide groups is 1. The Morgan fingerprint density at radius 2 is 1.76 bits per heavy atom. The van der Waals surface area contributed by atoms with Crippen LogP contribution in [0.3, 0.4) is 0 Å². The van der Waals surface area contributed by atoms with Gasteiger partial charge in [-0.25, -0.2) is 0 Å². The zero-order valence-electron chi connectivity index (χ0n) is 20.1. The van der Waals surface area contributed by atoms with Gasteiger partial charge in [-0.15, -0.1) is 0 Å². The summed E-state index contributed by atoms with van der Waals surface area (Å²) in [4.78, 5) is 55.3. The number of carbonyl (C=O) groups excluding carboxylic acids is 4. The molecule has 1 heterocycles. The highest BCUT2D eigenvalue weighted by Crippen LogP contribution is 2.56. The zero-order chi connectivity index (χ0) is 26.9. The van der Waals surface area contributed by atoms with E-state index in [0.29, 0.717) is 28.8 Å². The van der Waals surface area contributed by atoms with Crippen LogP contribution >= 0.6 is 38.5 Å². The first-order chi connectivity index (χ1) is 18.2. The Morgan fingerprint density at radius 3 is 2.47 bits per heavy atom. The molecular formula is C29H21BrINO6. The molecule has 3 aliphatic carbocycles. The number of Topliss-reactive ketones (excluding diaryl/α,β-unsaturated/α-hetero) is 1. The number of benzene rings is 2. The molecule has 2 aromatic carbocycles. The van der Waals surface area contributed by atoms with Gasteiger partial charge in [0.15, 0.2) is 23.1 Å². The van der Waals surface area contributed by atoms with Crippen LogP contribution in [0.5, 0.6) is 11.5 Å². The predicted molar refractivity (Wildman–Crippen MR) is 151 cm³/mol. The Kier molecular flexibility index (Phi) is 6.18. The lowest BCUT2D eigenvalue weighted by atomic mass is 9.59. The number of carbonyl (C=O) groups is 4. The molecule has 7 nitrogen and oxygen atoms in total. The average molecular weight is 686 g/mol. The van der Waals surface area contributed by atoms with E-state index in [0.717, 1.165) is 9.14 Å². The van der Waals surface area contributed by atoms with Gasteiger partial charge in [0.05, 0.1) is 29.1 Å². The maximum absolute atomic E-state index is 13.9. The molecular weight excluding hydrogens is 665 g/mol. The fourth-order valence-corrected chi connectivity index (χ4v) is 7.11. The van der Waals surface area contributed by atoms with Gasteiger partial charge in [-0.3, -0.25) is 24.1 Å². The molecule has 0 unspecified atom stereocenters. The highest BCUT2D eigenvalue weighted by atomic mass is 127. The predicted octanol–water partition coefficient (Wildman–Crippen LogP) is 4.97. The van der Waals surface area contributed by atoms with E-state index < -0.39 is 23.7 Å². The van der Waals surface area contributed by atoms with E-state index in [2.05, 4.69) is 38.5 Å². The van der Waals surface area contributed by atoms with Crippen LogP contribution in [0.2, 0.25) is 0 Å². The van der Waals surface area contributed by atoms with Gasteiger partial charge >= 0.3 is 0 Å². The van der Waals surface area contributed by atoms with E-state index in [4.69, 9.17) is 4.74 Å². The Morgan fingerprint density at radius 1 is 1.03 bits per heavy atom. The highest BCUT2D eigenvalue weighted by molar-refractivity contribution is 14.1. The second kappa shape index (κ2) is 9.30. The minimum atomic E-state index is -0.648. The molecule has 0 radical (unpaired) electrons. The van der Waals surface area contributed by atoms with E-state index in [9.17, 15) is 24.3 Å². The lowest BCUT2D eigenvalue weighted by Crippen LogP contribution is -2.39. The molecule has 1 fully saturated rings. The van der Waals surface area contributed by atoms with Gasteiger partial charge in [0, 0.05) is 26.7 Å². The number of hydrogen-bond acceptors (Lipinski definition) is 6. The van der Waals surface area contributed by atoms with Gasteiger partial charge in [-0.2, -0.15) is 0 Å². The number of anilines is 1. The summed E-state index contributed by atoms with van der Waals surface area (Å²) in [6.45, 7) is 0. The number of ketones is 2. The van der Waals surface area contributed by atoms with Crippen LogP contribution < -0.4 is 9.64 Å². The summed E-state index contributed by atoms with van der Waals surface area (Å²) >= 11 is 5.41. The number of hydrogen-bond donors (Lipinski definition) is 1. The maximum atomic E-state index is 13.9. The molecule has 4 atom stereocenters. The van der Waals surface area contributed by atoms with Crippen molar-refractivity contribution in [2.45, 2.75) is 18.8 Å². The standard InChI is InChI=1S/C29H21BrINO6/c1-38-23-10-13(2-9-21(23)33)24-16-7-8-17-25(18(16)11-19-26(24)22(34)12-20(30)27(19)35)29(37)32(28(17)36)15-5-3-14(31)4-6-15/h2-7,9-10,12,17-18,24-25,33H,8,11H2,1H3/t17-,18+,24-,25-/m0/s1. The summed E-state index contributed by atoms with van der Waals surface area (Å²) in [7, 11) is 1.44. The monoisotopic (exact) mass is 685 g/mol. The second-order valence-electron chi connectivity index (χ2n) is 9.81.